The smallest absolute Gasteiger partial charge is 0.270 e. The van der Waals surface area contributed by atoms with Crippen LogP contribution in [0.15, 0.2) is 22.9 Å². The van der Waals surface area contributed by atoms with Gasteiger partial charge in [0.1, 0.15) is 11.5 Å². The Morgan fingerprint density at radius 1 is 1.07 bits per heavy atom. The van der Waals surface area contributed by atoms with E-state index in [9.17, 15) is 14.4 Å². The Hall–Kier alpha value is -3.10. The number of likely N-dealkylation sites (tertiary alicyclic amines) is 2. The minimum Gasteiger partial charge on any atom is -0.360 e. The van der Waals surface area contributed by atoms with Crippen molar-refractivity contribution in [3.05, 3.63) is 35.3 Å². The lowest BCUT2D eigenvalue weighted by Crippen LogP contribution is -2.41. The third-order valence-corrected chi connectivity index (χ3v) is 5.59. The molecule has 2 fully saturated rings. The van der Waals surface area contributed by atoms with Crippen LogP contribution in [0.25, 0.3) is 0 Å². The Balaban J connectivity index is 1.31. The maximum Gasteiger partial charge on any atom is 0.270 e. The van der Waals surface area contributed by atoms with Gasteiger partial charge in [0.05, 0.1) is 5.56 Å². The Labute approximate surface area is 168 Å². The quantitative estimate of drug-likeness (QED) is 0.817. The molecule has 2 N–H and O–H groups in total. The van der Waals surface area contributed by atoms with Crippen LogP contribution < -0.4 is 5.32 Å². The van der Waals surface area contributed by atoms with Crippen LogP contribution in [0.3, 0.4) is 0 Å². The summed E-state index contributed by atoms with van der Waals surface area (Å²) in [7, 11) is 0. The topological polar surface area (TPSA) is 112 Å². The molecule has 2 aromatic rings. The number of carbonyl (C=O) groups excluding carboxylic acids is 3. The molecule has 0 unspecified atom stereocenters. The van der Waals surface area contributed by atoms with Gasteiger partial charge in [-0.05, 0) is 38.7 Å². The predicted molar refractivity (Wildman–Crippen MR) is 104 cm³/mol. The average molecular weight is 399 g/mol. The molecule has 154 valence electrons. The van der Waals surface area contributed by atoms with Crippen molar-refractivity contribution in [2.75, 3.05) is 31.5 Å². The van der Waals surface area contributed by atoms with Gasteiger partial charge in [0, 0.05) is 44.4 Å². The van der Waals surface area contributed by atoms with Gasteiger partial charge in [-0.25, -0.2) is 0 Å². The summed E-state index contributed by atoms with van der Waals surface area (Å²) in [6.07, 6.45) is 4.81. The second kappa shape index (κ2) is 8.10. The second-order valence-corrected chi connectivity index (χ2v) is 7.68. The van der Waals surface area contributed by atoms with Gasteiger partial charge in [-0.1, -0.05) is 5.16 Å². The fraction of sp³-hybridized carbons (Fsp3) is 0.500. The van der Waals surface area contributed by atoms with Gasteiger partial charge < -0.3 is 24.6 Å². The fourth-order valence-electron chi connectivity index (χ4n) is 3.91. The standard InChI is InChI=1S/C20H25N5O4/c1-13-10-17(23-29-13)22-18(26)14-4-8-25(9-5-14)19(27)15-11-16(21-12-15)20(28)24-6-2-3-7-24/h10-12,14,21H,2-9H2,1H3,(H,22,23,26). The number of carbonyl (C=O) groups is 3. The van der Waals surface area contributed by atoms with Gasteiger partial charge in [-0.15, -0.1) is 0 Å². The molecule has 2 aromatic heterocycles. The van der Waals surface area contributed by atoms with Gasteiger partial charge in [-0.3, -0.25) is 14.4 Å². The van der Waals surface area contributed by atoms with E-state index < -0.39 is 0 Å². The van der Waals surface area contributed by atoms with Gasteiger partial charge in [0.2, 0.25) is 5.91 Å². The largest absolute Gasteiger partial charge is 0.360 e. The number of nitrogens with zero attached hydrogens (tertiary/aromatic N) is 3. The highest BCUT2D eigenvalue weighted by molar-refractivity contribution is 5.99. The van der Waals surface area contributed by atoms with Crippen LogP contribution in [0.4, 0.5) is 5.82 Å². The van der Waals surface area contributed by atoms with E-state index in [1.807, 2.05) is 0 Å². The summed E-state index contributed by atoms with van der Waals surface area (Å²) in [4.78, 5) is 44.1. The molecule has 4 rings (SSSR count). The van der Waals surface area contributed by atoms with Crippen LogP contribution in [0.2, 0.25) is 0 Å². The van der Waals surface area contributed by atoms with Crippen molar-refractivity contribution in [3.63, 3.8) is 0 Å². The summed E-state index contributed by atoms with van der Waals surface area (Å²) < 4.78 is 4.95. The lowest BCUT2D eigenvalue weighted by molar-refractivity contribution is -0.121. The first kappa shape index (κ1) is 19.2. The van der Waals surface area contributed by atoms with Crippen molar-refractivity contribution >= 4 is 23.5 Å². The number of H-pyrrole nitrogens is 1. The van der Waals surface area contributed by atoms with Crippen molar-refractivity contribution in [1.82, 2.24) is 19.9 Å². The van der Waals surface area contributed by atoms with E-state index in [-0.39, 0.29) is 23.6 Å². The molecule has 9 nitrogen and oxygen atoms in total. The summed E-state index contributed by atoms with van der Waals surface area (Å²) in [6.45, 7) is 4.29. The zero-order valence-electron chi connectivity index (χ0n) is 16.4. The summed E-state index contributed by atoms with van der Waals surface area (Å²) in [5, 5.41) is 6.53. The lowest BCUT2D eigenvalue weighted by Gasteiger charge is -2.31. The molecule has 2 saturated heterocycles. The number of aromatic amines is 1. The first-order valence-electron chi connectivity index (χ1n) is 10.0. The number of amides is 3. The molecule has 4 heterocycles. The number of aryl methyl sites for hydroxylation is 1. The molecule has 0 saturated carbocycles. The predicted octanol–water partition coefficient (Wildman–Crippen LogP) is 2.04. The lowest BCUT2D eigenvalue weighted by atomic mass is 9.95. The van der Waals surface area contributed by atoms with E-state index in [0.29, 0.717) is 48.8 Å². The van der Waals surface area contributed by atoms with Crippen molar-refractivity contribution in [2.45, 2.75) is 32.6 Å². The van der Waals surface area contributed by atoms with Crippen LogP contribution in [-0.2, 0) is 4.79 Å². The molecule has 29 heavy (non-hydrogen) atoms. The molecule has 0 radical (unpaired) electrons. The van der Waals surface area contributed by atoms with E-state index in [1.165, 1.54) is 0 Å². The molecule has 0 bridgehead atoms. The van der Waals surface area contributed by atoms with Gasteiger partial charge in [-0.2, -0.15) is 0 Å². The van der Waals surface area contributed by atoms with Gasteiger partial charge >= 0.3 is 0 Å². The number of hydrogen-bond donors (Lipinski definition) is 2. The maximum absolute atomic E-state index is 12.8. The molecular formula is C20H25N5O4. The molecular weight excluding hydrogens is 374 g/mol. The van der Waals surface area contributed by atoms with E-state index in [2.05, 4.69) is 15.5 Å². The molecule has 0 atom stereocenters. The van der Waals surface area contributed by atoms with Crippen LogP contribution in [0, 0.1) is 12.8 Å². The minimum absolute atomic E-state index is 0.0555. The monoisotopic (exact) mass is 399 g/mol. The van der Waals surface area contributed by atoms with Crippen LogP contribution in [0.5, 0.6) is 0 Å². The van der Waals surface area contributed by atoms with Crippen LogP contribution in [0.1, 0.15) is 52.3 Å². The molecule has 9 heteroatoms. The first-order chi connectivity index (χ1) is 14.0. The highest BCUT2D eigenvalue weighted by Gasteiger charge is 2.29. The zero-order chi connectivity index (χ0) is 20.4. The van der Waals surface area contributed by atoms with E-state index >= 15 is 0 Å². The van der Waals surface area contributed by atoms with E-state index in [4.69, 9.17) is 4.52 Å². The Morgan fingerprint density at radius 3 is 2.41 bits per heavy atom. The maximum atomic E-state index is 12.8. The fourth-order valence-corrected chi connectivity index (χ4v) is 3.91. The van der Waals surface area contributed by atoms with Crippen molar-refractivity contribution in [2.24, 2.45) is 5.92 Å². The van der Waals surface area contributed by atoms with Crippen LogP contribution >= 0.6 is 0 Å². The zero-order valence-corrected chi connectivity index (χ0v) is 16.4. The third-order valence-electron chi connectivity index (χ3n) is 5.59. The number of nitrogens with one attached hydrogen (secondary N) is 2. The molecule has 2 aliphatic heterocycles. The first-order valence-corrected chi connectivity index (χ1v) is 10.0. The number of anilines is 1. The van der Waals surface area contributed by atoms with Gasteiger partial charge in [0.25, 0.3) is 11.8 Å². The van der Waals surface area contributed by atoms with Crippen molar-refractivity contribution in [3.8, 4) is 0 Å². The Kier molecular flexibility index (Phi) is 5.37. The van der Waals surface area contributed by atoms with Crippen molar-refractivity contribution < 1.29 is 18.9 Å². The SMILES string of the molecule is Cc1cc(NC(=O)C2CCN(C(=O)c3c[nH]c(C(=O)N4CCCC4)c3)CC2)no1. The number of piperidine rings is 1. The Morgan fingerprint density at radius 2 is 1.76 bits per heavy atom. The second-order valence-electron chi connectivity index (χ2n) is 7.68. The van der Waals surface area contributed by atoms with E-state index in [0.717, 1.165) is 25.9 Å². The number of aromatic nitrogens is 2. The highest BCUT2D eigenvalue weighted by atomic mass is 16.5. The molecule has 0 spiro atoms. The summed E-state index contributed by atoms with van der Waals surface area (Å²) >= 11 is 0. The third kappa shape index (κ3) is 4.18. The average Bonchev–Trinajstić information content (AvgIpc) is 3.49. The minimum atomic E-state index is -0.172. The molecule has 2 aliphatic rings. The molecule has 0 aliphatic carbocycles. The summed E-state index contributed by atoms with van der Waals surface area (Å²) in [5.74, 6) is 0.594. The van der Waals surface area contributed by atoms with E-state index in [1.54, 1.807) is 35.1 Å². The summed E-state index contributed by atoms with van der Waals surface area (Å²) in [6, 6.07) is 3.30. The summed E-state index contributed by atoms with van der Waals surface area (Å²) in [5.41, 5.74) is 0.931. The normalized spacial score (nSPS) is 17.6. The van der Waals surface area contributed by atoms with Crippen molar-refractivity contribution in [1.29, 1.82) is 0 Å². The number of rotatable bonds is 4. The van der Waals surface area contributed by atoms with Crippen LogP contribution in [-0.4, -0.2) is 63.8 Å². The highest BCUT2D eigenvalue weighted by Crippen LogP contribution is 2.22. The Bertz CT molecular complexity index is 904. The molecule has 3 amide bonds. The number of hydrogen-bond acceptors (Lipinski definition) is 5. The van der Waals surface area contributed by atoms with Gasteiger partial charge in [0.15, 0.2) is 5.82 Å². The molecule has 0 aromatic carbocycles.